The van der Waals surface area contributed by atoms with Crippen LogP contribution in [0.25, 0.3) is 11.1 Å². The molecular weight excluding hydrogens is 334 g/mol. The number of ether oxygens (including phenoxy) is 1. The van der Waals surface area contributed by atoms with Crippen LogP contribution in [0.3, 0.4) is 0 Å². The van der Waals surface area contributed by atoms with Crippen molar-refractivity contribution in [1.82, 2.24) is 25.5 Å². The predicted molar refractivity (Wildman–Crippen MR) is 92.9 cm³/mol. The van der Waals surface area contributed by atoms with Crippen molar-refractivity contribution < 1.29 is 14.3 Å². The van der Waals surface area contributed by atoms with Gasteiger partial charge in [-0.3, -0.25) is 4.79 Å². The van der Waals surface area contributed by atoms with Crippen LogP contribution in [0, 0.1) is 0 Å². The van der Waals surface area contributed by atoms with E-state index in [1.54, 1.807) is 12.1 Å². The van der Waals surface area contributed by atoms with Gasteiger partial charge < -0.3 is 10.1 Å². The highest BCUT2D eigenvalue weighted by atomic mass is 16.5. The van der Waals surface area contributed by atoms with E-state index < -0.39 is 5.97 Å². The van der Waals surface area contributed by atoms with Gasteiger partial charge in [-0.25, -0.2) is 4.79 Å². The molecule has 1 heterocycles. The first-order valence-corrected chi connectivity index (χ1v) is 7.93. The summed E-state index contributed by atoms with van der Waals surface area (Å²) in [6, 6.07) is 17.2. The summed E-state index contributed by atoms with van der Waals surface area (Å²) in [4.78, 5) is 24.5. The highest BCUT2D eigenvalue weighted by Crippen LogP contribution is 2.19. The monoisotopic (exact) mass is 351 g/mol. The topological polar surface area (TPSA) is 99.0 Å². The second-order valence-corrected chi connectivity index (χ2v) is 5.44. The van der Waals surface area contributed by atoms with Gasteiger partial charge in [0.2, 0.25) is 0 Å². The number of aromatic nitrogens is 4. The van der Waals surface area contributed by atoms with Crippen LogP contribution in [0.1, 0.15) is 16.2 Å². The minimum absolute atomic E-state index is 0.112. The van der Waals surface area contributed by atoms with E-state index in [4.69, 9.17) is 0 Å². The minimum atomic E-state index is -0.475. The lowest BCUT2D eigenvalue weighted by molar-refractivity contribution is -0.141. The molecule has 2 aromatic carbocycles. The third kappa shape index (κ3) is 4.29. The number of methoxy groups -OCH3 is 1. The van der Waals surface area contributed by atoms with Crippen LogP contribution in [0.5, 0.6) is 0 Å². The van der Waals surface area contributed by atoms with E-state index in [1.165, 1.54) is 7.11 Å². The molecule has 1 amide bonds. The Kier molecular flexibility index (Phi) is 5.33. The smallest absolute Gasteiger partial charge is 0.329 e. The summed E-state index contributed by atoms with van der Waals surface area (Å²) in [5.41, 5.74) is 2.66. The van der Waals surface area contributed by atoms with E-state index in [2.05, 4.69) is 25.5 Å². The first kappa shape index (κ1) is 17.3. The largest absolute Gasteiger partial charge is 0.468 e. The maximum atomic E-state index is 12.2. The number of nitrogens with one attached hydrogen (secondary N) is 1. The van der Waals surface area contributed by atoms with Gasteiger partial charge in [-0.05, 0) is 28.5 Å². The fourth-order valence-corrected chi connectivity index (χ4v) is 2.30. The van der Waals surface area contributed by atoms with Crippen LogP contribution in [-0.2, 0) is 22.6 Å². The van der Waals surface area contributed by atoms with Crippen LogP contribution >= 0.6 is 0 Å². The van der Waals surface area contributed by atoms with Gasteiger partial charge >= 0.3 is 5.97 Å². The molecule has 0 bridgehead atoms. The number of hydrogen-bond donors (Lipinski definition) is 1. The van der Waals surface area contributed by atoms with Crippen molar-refractivity contribution in [2.75, 3.05) is 7.11 Å². The lowest BCUT2D eigenvalue weighted by Crippen LogP contribution is -2.23. The summed E-state index contributed by atoms with van der Waals surface area (Å²) < 4.78 is 4.52. The molecule has 0 aliphatic rings. The predicted octanol–water partition coefficient (Wildman–Crippen LogP) is 1.44. The molecule has 26 heavy (non-hydrogen) atoms. The molecule has 8 nitrogen and oxygen atoms in total. The molecule has 0 aliphatic carbocycles. The Hall–Kier alpha value is -3.55. The van der Waals surface area contributed by atoms with E-state index in [1.807, 2.05) is 42.5 Å². The zero-order chi connectivity index (χ0) is 18.4. The van der Waals surface area contributed by atoms with Crippen molar-refractivity contribution in [1.29, 1.82) is 0 Å². The van der Waals surface area contributed by atoms with Gasteiger partial charge in [0.05, 0.1) is 13.7 Å². The average Bonchev–Trinajstić information content (AvgIpc) is 3.14. The van der Waals surface area contributed by atoms with Gasteiger partial charge in [-0.15, -0.1) is 10.2 Å². The summed E-state index contributed by atoms with van der Waals surface area (Å²) in [6.07, 6.45) is 0. The summed E-state index contributed by atoms with van der Waals surface area (Å²) >= 11 is 0. The number of tetrazole rings is 1. The highest BCUT2D eigenvalue weighted by Gasteiger charge is 2.10. The van der Waals surface area contributed by atoms with Gasteiger partial charge in [0.1, 0.15) is 0 Å². The maximum Gasteiger partial charge on any atom is 0.329 e. The van der Waals surface area contributed by atoms with Gasteiger partial charge in [0, 0.05) is 5.56 Å². The molecule has 0 aliphatic heterocycles. The zero-order valence-electron chi connectivity index (χ0n) is 14.1. The summed E-state index contributed by atoms with van der Waals surface area (Å²) in [5, 5.41) is 14.2. The van der Waals surface area contributed by atoms with Gasteiger partial charge in [-0.1, -0.05) is 42.5 Å². The highest BCUT2D eigenvalue weighted by molar-refractivity contribution is 5.94. The number of hydrogen-bond acceptors (Lipinski definition) is 6. The molecule has 8 heteroatoms. The van der Waals surface area contributed by atoms with E-state index in [-0.39, 0.29) is 19.0 Å². The molecule has 0 saturated carbocycles. The van der Waals surface area contributed by atoms with E-state index >= 15 is 0 Å². The number of benzene rings is 2. The lowest BCUT2D eigenvalue weighted by atomic mass is 10.0. The van der Waals surface area contributed by atoms with Gasteiger partial charge in [0.25, 0.3) is 5.91 Å². The Morgan fingerprint density at radius 2 is 1.73 bits per heavy atom. The van der Waals surface area contributed by atoms with Crippen LogP contribution in [-0.4, -0.2) is 39.2 Å². The Morgan fingerprint density at radius 3 is 2.42 bits per heavy atom. The van der Waals surface area contributed by atoms with E-state index in [9.17, 15) is 9.59 Å². The molecule has 0 radical (unpaired) electrons. The van der Waals surface area contributed by atoms with Crippen LogP contribution < -0.4 is 5.32 Å². The Bertz CT molecular complexity index is 891. The van der Waals surface area contributed by atoms with E-state index in [0.717, 1.165) is 15.9 Å². The Labute approximate surface area is 149 Å². The zero-order valence-corrected chi connectivity index (χ0v) is 14.1. The normalized spacial score (nSPS) is 10.3. The number of carbonyl (C=O) groups is 2. The van der Waals surface area contributed by atoms with Crippen molar-refractivity contribution in [2.45, 2.75) is 13.1 Å². The molecular formula is C18H17N5O3. The number of carbonyl (C=O) groups excluding carboxylic acids is 2. The van der Waals surface area contributed by atoms with E-state index in [0.29, 0.717) is 11.4 Å². The second kappa shape index (κ2) is 8.02. The molecule has 0 spiro atoms. The van der Waals surface area contributed by atoms with Crippen molar-refractivity contribution in [2.24, 2.45) is 0 Å². The number of esters is 1. The first-order chi connectivity index (χ1) is 12.7. The molecule has 3 rings (SSSR count). The van der Waals surface area contributed by atoms with Crippen molar-refractivity contribution in [3.8, 4) is 11.1 Å². The Morgan fingerprint density at radius 1 is 1.04 bits per heavy atom. The van der Waals surface area contributed by atoms with Crippen molar-refractivity contribution >= 4 is 11.9 Å². The average molecular weight is 351 g/mol. The minimum Gasteiger partial charge on any atom is -0.468 e. The molecule has 1 aromatic heterocycles. The Balaban J connectivity index is 1.57. The molecule has 3 aromatic rings. The standard InChI is InChI=1S/C18H17N5O3/c1-26-17(24)12-23-21-16(20-22-23)11-19-18(25)15-9-7-14(8-10-15)13-5-3-2-4-6-13/h2-10H,11-12H2,1H3,(H,19,25). The number of amides is 1. The lowest BCUT2D eigenvalue weighted by Gasteiger charge is -2.05. The van der Waals surface area contributed by atoms with Crippen LogP contribution in [0.2, 0.25) is 0 Å². The van der Waals surface area contributed by atoms with Crippen molar-refractivity contribution in [3.05, 3.63) is 66.0 Å². The summed E-state index contributed by atoms with van der Waals surface area (Å²) in [5.74, 6) is -0.409. The molecule has 1 N–H and O–H groups in total. The molecule has 132 valence electrons. The van der Waals surface area contributed by atoms with Crippen LogP contribution in [0.4, 0.5) is 0 Å². The number of rotatable bonds is 6. The van der Waals surface area contributed by atoms with Gasteiger partial charge in [0.15, 0.2) is 12.4 Å². The quantitative estimate of drug-likeness (QED) is 0.675. The summed E-state index contributed by atoms with van der Waals surface area (Å²) in [6.45, 7) is -0.0150. The maximum absolute atomic E-state index is 12.2. The van der Waals surface area contributed by atoms with Crippen LogP contribution in [0.15, 0.2) is 54.6 Å². The molecule has 0 unspecified atom stereocenters. The third-order valence-electron chi connectivity index (χ3n) is 3.65. The first-order valence-electron chi connectivity index (χ1n) is 7.93. The summed E-state index contributed by atoms with van der Waals surface area (Å²) in [7, 11) is 1.28. The SMILES string of the molecule is COC(=O)Cn1nnc(CNC(=O)c2ccc(-c3ccccc3)cc2)n1. The second-order valence-electron chi connectivity index (χ2n) is 5.44. The van der Waals surface area contributed by atoms with Gasteiger partial charge in [-0.2, -0.15) is 4.80 Å². The molecule has 0 fully saturated rings. The van der Waals surface area contributed by atoms with Crippen molar-refractivity contribution in [3.63, 3.8) is 0 Å². The molecule has 0 saturated heterocycles. The molecule has 0 atom stereocenters. The fourth-order valence-electron chi connectivity index (χ4n) is 2.30. The fraction of sp³-hybridized carbons (Fsp3) is 0.167. The number of nitrogens with zero attached hydrogens (tertiary/aromatic N) is 4. The third-order valence-corrected chi connectivity index (χ3v) is 3.65.